The fraction of sp³-hybridized carbons (Fsp3) is 0.300. The zero-order valence-corrected chi connectivity index (χ0v) is 7.58. The molecule has 0 saturated heterocycles. The quantitative estimate of drug-likeness (QED) is 0.695. The second-order valence-corrected chi connectivity index (χ2v) is 2.59. The summed E-state index contributed by atoms with van der Waals surface area (Å²) >= 11 is 0. The van der Waals surface area contributed by atoms with Gasteiger partial charge in [-0.15, -0.1) is 6.42 Å². The molecule has 0 saturated carbocycles. The van der Waals surface area contributed by atoms with E-state index in [9.17, 15) is 0 Å². The lowest BCUT2D eigenvalue weighted by Gasteiger charge is -2.07. The summed E-state index contributed by atoms with van der Waals surface area (Å²) in [7, 11) is 0. The molecule has 3 heteroatoms. The number of hydrogen-bond donors (Lipinski definition) is 1. The van der Waals surface area contributed by atoms with Crippen molar-refractivity contribution in [2.45, 2.75) is 13.5 Å². The van der Waals surface area contributed by atoms with Crippen molar-refractivity contribution in [1.29, 1.82) is 0 Å². The summed E-state index contributed by atoms with van der Waals surface area (Å²) in [4.78, 5) is 4.23. The lowest BCUT2D eigenvalue weighted by molar-refractivity contribution is 0.363. The Balaban J connectivity index is 2.87. The van der Waals surface area contributed by atoms with E-state index in [-0.39, 0.29) is 6.61 Å². The number of pyridine rings is 1. The molecule has 1 rings (SSSR count). The Kier molecular flexibility index (Phi) is 3.30. The maximum atomic E-state index is 5.50. The highest BCUT2D eigenvalue weighted by Gasteiger charge is 2.02. The fourth-order valence-electron chi connectivity index (χ4n) is 0.995. The number of aromatic nitrogens is 1. The molecule has 3 nitrogen and oxygen atoms in total. The van der Waals surface area contributed by atoms with E-state index in [0.29, 0.717) is 12.3 Å². The summed E-state index contributed by atoms with van der Waals surface area (Å²) < 4.78 is 5.25. The molecule has 1 aromatic rings. The number of terminal acetylenes is 1. The van der Waals surface area contributed by atoms with Gasteiger partial charge in [0.1, 0.15) is 12.4 Å². The van der Waals surface area contributed by atoms with Crippen LogP contribution >= 0.6 is 0 Å². The first-order valence-electron chi connectivity index (χ1n) is 4.00. The Morgan fingerprint density at radius 3 is 3.00 bits per heavy atom. The van der Waals surface area contributed by atoms with Gasteiger partial charge in [-0.3, -0.25) is 4.98 Å². The molecule has 0 unspecified atom stereocenters. The van der Waals surface area contributed by atoms with Crippen molar-refractivity contribution in [3.05, 3.63) is 23.5 Å². The van der Waals surface area contributed by atoms with Crippen LogP contribution in [-0.2, 0) is 6.54 Å². The van der Waals surface area contributed by atoms with Gasteiger partial charge in [-0.1, -0.05) is 5.92 Å². The van der Waals surface area contributed by atoms with E-state index >= 15 is 0 Å². The number of aryl methyl sites for hydroxylation is 1. The van der Waals surface area contributed by atoms with E-state index in [4.69, 9.17) is 16.9 Å². The van der Waals surface area contributed by atoms with Crippen LogP contribution in [0.15, 0.2) is 12.1 Å². The molecule has 0 atom stereocenters. The van der Waals surface area contributed by atoms with Crippen LogP contribution in [0, 0.1) is 19.3 Å². The molecule has 68 valence electrons. The molecule has 0 aliphatic rings. The first-order valence-corrected chi connectivity index (χ1v) is 4.00. The fourth-order valence-corrected chi connectivity index (χ4v) is 0.995. The first kappa shape index (κ1) is 9.56. The number of hydrogen-bond acceptors (Lipinski definition) is 3. The topological polar surface area (TPSA) is 48.1 Å². The molecule has 0 aliphatic heterocycles. The highest BCUT2D eigenvalue weighted by Crippen LogP contribution is 2.15. The molecule has 0 spiro atoms. The molecule has 0 amide bonds. The highest BCUT2D eigenvalue weighted by molar-refractivity contribution is 5.29. The molecule has 0 fully saturated rings. The van der Waals surface area contributed by atoms with Gasteiger partial charge in [0.2, 0.25) is 0 Å². The normalized spacial score (nSPS) is 9.31. The Hall–Kier alpha value is -1.53. The van der Waals surface area contributed by atoms with Gasteiger partial charge in [0.05, 0.1) is 5.69 Å². The van der Waals surface area contributed by atoms with Crippen molar-refractivity contribution in [2.24, 2.45) is 5.73 Å². The maximum Gasteiger partial charge on any atom is 0.148 e. The van der Waals surface area contributed by atoms with E-state index in [1.165, 1.54) is 0 Å². The molecule has 0 aliphatic carbocycles. The van der Waals surface area contributed by atoms with Crippen LogP contribution < -0.4 is 10.5 Å². The number of ether oxygens (including phenoxy) is 1. The van der Waals surface area contributed by atoms with Gasteiger partial charge in [0, 0.05) is 12.2 Å². The van der Waals surface area contributed by atoms with Crippen LogP contribution in [-0.4, -0.2) is 11.6 Å². The Bertz CT molecular complexity index is 328. The van der Waals surface area contributed by atoms with Crippen LogP contribution in [0.4, 0.5) is 0 Å². The van der Waals surface area contributed by atoms with Gasteiger partial charge in [-0.05, 0) is 19.1 Å². The van der Waals surface area contributed by atoms with E-state index in [1.807, 2.05) is 19.1 Å². The molecular formula is C10H12N2O. The number of rotatable bonds is 3. The third-order valence-electron chi connectivity index (χ3n) is 1.58. The summed E-state index contributed by atoms with van der Waals surface area (Å²) in [5.41, 5.74) is 7.17. The van der Waals surface area contributed by atoms with E-state index in [0.717, 1.165) is 11.4 Å². The van der Waals surface area contributed by atoms with Gasteiger partial charge in [0.15, 0.2) is 0 Å². The summed E-state index contributed by atoms with van der Waals surface area (Å²) in [6.07, 6.45) is 5.07. The van der Waals surface area contributed by atoms with Gasteiger partial charge >= 0.3 is 0 Å². The molecule has 2 N–H and O–H groups in total. The van der Waals surface area contributed by atoms with Crippen LogP contribution in [0.2, 0.25) is 0 Å². The summed E-state index contributed by atoms with van der Waals surface area (Å²) in [6.45, 7) is 2.52. The van der Waals surface area contributed by atoms with Crippen molar-refractivity contribution in [1.82, 2.24) is 4.98 Å². The second-order valence-electron chi connectivity index (χ2n) is 2.59. The average Bonchev–Trinajstić information content (AvgIpc) is 2.16. The SMILES string of the molecule is C#CCOc1ccc(C)nc1CN. The molecule has 1 aromatic heterocycles. The van der Waals surface area contributed by atoms with E-state index in [1.54, 1.807) is 0 Å². The van der Waals surface area contributed by atoms with Crippen LogP contribution in [0.25, 0.3) is 0 Å². The zero-order valence-electron chi connectivity index (χ0n) is 7.58. The number of nitrogens with zero attached hydrogens (tertiary/aromatic N) is 1. The van der Waals surface area contributed by atoms with Gasteiger partial charge in [0.25, 0.3) is 0 Å². The minimum Gasteiger partial charge on any atom is -0.479 e. The zero-order chi connectivity index (χ0) is 9.68. The minimum absolute atomic E-state index is 0.248. The van der Waals surface area contributed by atoms with Crippen LogP contribution in [0.5, 0.6) is 5.75 Å². The molecule has 0 aromatic carbocycles. The first-order chi connectivity index (χ1) is 6.27. The largest absolute Gasteiger partial charge is 0.479 e. The lowest BCUT2D eigenvalue weighted by Crippen LogP contribution is -2.05. The number of nitrogens with two attached hydrogens (primary N) is 1. The minimum atomic E-state index is 0.248. The molecule has 1 heterocycles. The van der Waals surface area contributed by atoms with Gasteiger partial charge in [-0.2, -0.15) is 0 Å². The third kappa shape index (κ3) is 2.46. The van der Waals surface area contributed by atoms with Crippen molar-refractivity contribution in [2.75, 3.05) is 6.61 Å². The molecular weight excluding hydrogens is 164 g/mol. The monoisotopic (exact) mass is 176 g/mol. The van der Waals surface area contributed by atoms with Crippen molar-refractivity contribution >= 4 is 0 Å². The van der Waals surface area contributed by atoms with Crippen molar-refractivity contribution in [3.8, 4) is 18.1 Å². The highest BCUT2D eigenvalue weighted by atomic mass is 16.5. The lowest BCUT2D eigenvalue weighted by atomic mass is 10.3. The third-order valence-corrected chi connectivity index (χ3v) is 1.58. The van der Waals surface area contributed by atoms with Gasteiger partial charge in [-0.25, -0.2) is 0 Å². The van der Waals surface area contributed by atoms with E-state index in [2.05, 4.69) is 10.9 Å². The average molecular weight is 176 g/mol. The summed E-state index contributed by atoms with van der Waals surface area (Å²) in [6, 6.07) is 3.70. The summed E-state index contributed by atoms with van der Waals surface area (Å²) in [5, 5.41) is 0. The van der Waals surface area contributed by atoms with E-state index < -0.39 is 0 Å². The predicted octanol–water partition coefficient (Wildman–Crippen LogP) is 0.861. The molecule has 0 radical (unpaired) electrons. The summed E-state index contributed by atoms with van der Waals surface area (Å²) in [5.74, 6) is 3.06. The second kappa shape index (κ2) is 4.48. The Morgan fingerprint density at radius 1 is 1.62 bits per heavy atom. The van der Waals surface area contributed by atoms with Gasteiger partial charge < -0.3 is 10.5 Å². The standard InChI is InChI=1S/C10H12N2O/c1-3-6-13-10-5-4-8(2)12-9(10)7-11/h1,4-5H,6-7,11H2,2H3. The Morgan fingerprint density at radius 2 is 2.38 bits per heavy atom. The Labute approximate surface area is 77.9 Å². The molecule has 13 heavy (non-hydrogen) atoms. The van der Waals surface area contributed by atoms with Crippen molar-refractivity contribution in [3.63, 3.8) is 0 Å². The molecule has 0 bridgehead atoms. The smallest absolute Gasteiger partial charge is 0.148 e. The predicted molar refractivity (Wildman–Crippen MR) is 51.2 cm³/mol. The maximum absolute atomic E-state index is 5.50. The van der Waals surface area contributed by atoms with Crippen LogP contribution in [0.1, 0.15) is 11.4 Å². The van der Waals surface area contributed by atoms with Crippen molar-refractivity contribution < 1.29 is 4.74 Å². The van der Waals surface area contributed by atoms with Crippen LogP contribution in [0.3, 0.4) is 0 Å².